The first-order chi connectivity index (χ1) is 7.88. The molecule has 1 fully saturated rings. The average molecular weight is 237 g/mol. The Hall–Kier alpha value is -0.590. The van der Waals surface area contributed by atoms with E-state index in [1.54, 1.807) is 0 Å². The Labute approximate surface area is 106 Å². The molecule has 0 saturated heterocycles. The molecule has 0 aromatic carbocycles. The van der Waals surface area contributed by atoms with Crippen LogP contribution in [-0.2, 0) is 0 Å². The predicted molar refractivity (Wildman–Crippen MR) is 71.7 cm³/mol. The molecule has 0 aromatic heterocycles. The lowest BCUT2D eigenvalue weighted by Crippen LogP contribution is -2.47. The summed E-state index contributed by atoms with van der Waals surface area (Å²) in [6.07, 6.45) is 3.64. The molecule has 0 aromatic rings. The van der Waals surface area contributed by atoms with Crippen molar-refractivity contribution in [3.8, 4) is 6.07 Å². The van der Waals surface area contributed by atoms with Gasteiger partial charge in [0.25, 0.3) is 0 Å². The van der Waals surface area contributed by atoms with Crippen LogP contribution in [-0.4, -0.2) is 36.1 Å². The third-order valence-corrected chi connectivity index (χ3v) is 3.82. The molecular formula is C14H27N3. The summed E-state index contributed by atoms with van der Waals surface area (Å²) in [5.74, 6) is 0.895. The summed E-state index contributed by atoms with van der Waals surface area (Å²) in [6, 6.07) is 3.43. The van der Waals surface area contributed by atoms with Crippen LogP contribution >= 0.6 is 0 Å². The van der Waals surface area contributed by atoms with Gasteiger partial charge in [0.1, 0.15) is 5.54 Å². The third-order valence-electron chi connectivity index (χ3n) is 3.82. The Morgan fingerprint density at radius 1 is 1.41 bits per heavy atom. The Bertz CT molecular complexity index is 278. The van der Waals surface area contributed by atoms with Crippen molar-refractivity contribution in [3.63, 3.8) is 0 Å². The molecule has 0 amide bonds. The summed E-state index contributed by atoms with van der Waals surface area (Å²) >= 11 is 0. The Kier molecular flexibility index (Phi) is 4.97. The molecule has 1 N–H and O–H groups in total. The van der Waals surface area contributed by atoms with Crippen LogP contribution in [0.25, 0.3) is 0 Å². The van der Waals surface area contributed by atoms with Gasteiger partial charge in [-0.05, 0) is 59.9 Å². The molecule has 2 unspecified atom stereocenters. The molecule has 1 aliphatic carbocycles. The van der Waals surface area contributed by atoms with Crippen molar-refractivity contribution in [2.45, 2.75) is 64.6 Å². The summed E-state index contributed by atoms with van der Waals surface area (Å²) in [7, 11) is 2.18. The van der Waals surface area contributed by atoms with Gasteiger partial charge in [-0.2, -0.15) is 5.26 Å². The minimum atomic E-state index is -0.397. The number of rotatable bonds is 7. The van der Waals surface area contributed by atoms with Gasteiger partial charge in [0, 0.05) is 18.6 Å². The second kappa shape index (κ2) is 5.84. The SMILES string of the molecule is CC(C)NC(C)(C#N)CCN(C)C(C)C1CC1. The Balaban J connectivity index is 2.38. The van der Waals surface area contributed by atoms with E-state index >= 15 is 0 Å². The molecule has 17 heavy (non-hydrogen) atoms. The highest BCUT2D eigenvalue weighted by atomic mass is 15.1. The molecule has 3 heteroatoms. The maximum absolute atomic E-state index is 9.28. The zero-order chi connectivity index (χ0) is 13.1. The zero-order valence-electron chi connectivity index (χ0n) is 12.0. The van der Waals surface area contributed by atoms with Crippen molar-refractivity contribution in [2.75, 3.05) is 13.6 Å². The van der Waals surface area contributed by atoms with E-state index in [1.807, 2.05) is 6.92 Å². The lowest BCUT2D eigenvalue weighted by molar-refractivity contribution is 0.211. The molecule has 0 aliphatic heterocycles. The van der Waals surface area contributed by atoms with Crippen molar-refractivity contribution in [2.24, 2.45) is 5.92 Å². The van der Waals surface area contributed by atoms with Crippen LogP contribution in [0, 0.1) is 17.2 Å². The number of nitriles is 1. The highest BCUT2D eigenvalue weighted by molar-refractivity contribution is 5.04. The van der Waals surface area contributed by atoms with Gasteiger partial charge in [-0.15, -0.1) is 0 Å². The number of nitrogens with zero attached hydrogens (tertiary/aromatic N) is 2. The van der Waals surface area contributed by atoms with Crippen LogP contribution in [0.2, 0.25) is 0 Å². The smallest absolute Gasteiger partial charge is 0.105 e. The topological polar surface area (TPSA) is 39.1 Å². The van der Waals surface area contributed by atoms with E-state index in [1.165, 1.54) is 12.8 Å². The second-order valence-electron chi connectivity index (χ2n) is 6.05. The van der Waals surface area contributed by atoms with E-state index < -0.39 is 5.54 Å². The zero-order valence-corrected chi connectivity index (χ0v) is 12.0. The largest absolute Gasteiger partial charge is 0.303 e. The van der Waals surface area contributed by atoms with Crippen LogP contribution in [0.4, 0.5) is 0 Å². The molecular weight excluding hydrogens is 210 g/mol. The van der Waals surface area contributed by atoms with Gasteiger partial charge in [-0.3, -0.25) is 5.32 Å². The molecule has 0 spiro atoms. The van der Waals surface area contributed by atoms with Gasteiger partial charge < -0.3 is 4.90 Å². The monoisotopic (exact) mass is 237 g/mol. The number of hydrogen-bond acceptors (Lipinski definition) is 3. The predicted octanol–water partition coefficient (Wildman–Crippen LogP) is 2.39. The summed E-state index contributed by atoms with van der Waals surface area (Å²) in [5, 5.41) is 12.6. The van der Waals surface area contributed by atoms with Gasteiger partial charge in [0.2, 0.25) is 0 Å². The van der Waals surface area contributed by atoms with Crippen LogP contribution < -0.4 is 5.32 Å². The molecule has 1 saturated carbocycles. The Morgan fingerprint density at radius 2 is 2.00 bits per heavy atom. The molecule has 0 heterocycles. The highest BCUT2D eigenvalue weighted by Gasteiger charge is 2.31. The molecule has 3 nitrogen and oxygen atoms in total. The first kappa shape index (κ1) is 14.5. The van der Waals surface area contributed by atoms with E-state index in [0.717, 1.165) is 18.9 Å². The average Bonchev–Trinajstić information content (AvgIpc) is 3.07. The fourth-order valence-electron chi connectivity index (χ4n) is 2.34. The van der Waals surface area contributed by atoms with Gasteiger partial charge in [-0.25, -0.2) is 0 Å². The van der Waals surface area contributed by atoms with Crippen LogP contribution in [0.1, 0.15) is 47.0 Å². The van der Waals surface area contributed by atoms with E-state index in [0.29, 0.717) is 12.1 Å². The lowest BCUT2D eigenvalue weighted by atomic mass is 9.98. The number of nitrogens with one attached hydrogen (secondary N) is 1. The standard InChI is InChI=1S/C14H27N3/c1-11(2)16-14(4,10-15)8-9-17(5)12(3)13-6-7-13/h11-13,16H,6-9H2,1-5H3. The van der Waals surface area contributed by atoms with Crippen LogP contribution in [0.3, 0.4) is 0 Å². The normalized spacial score (nSPS) is 21.3. The summed E-state index contributed by atoms with van der Waals surface area (Å²) < 4.78 is 0. The third kappa shape index (κ3) is 4.65. The maximum atomic E-state index is 9.28. The van der Waals surface area contributed by atoms with Crippen molar-refractivity contribution in [3.05, 3.63) is 0 Å². The summed E-state index contributed by atoms with van der Waals surface area (Å²) in [4.78, 5) is 2.40. The first-order valence-corrected chi connectivity index (χ1v) is 6.77. The van der Waals surface area contributed by atoms with Crippen molar-refractivity contribution in [1.82, 2.24) is 10.2 Å². The van der Waals surface area contributed by atoms with Crippen molar-refractivity contribution >= 4 is 0 Å². The van der Waals surface area contributed by atoms with E-state index in [9.17, 15) is 5.26 Å². The summed E-state index contributed by atoms with van der Waals surface area (Å²) in [5.41, 5.74) is -0.397. The fraction of sp³-hybridized carbons (Fsp3) is 0.929. The lowest BCUT2D eigenvalue weighted by Gasteiger charge is -2.30. The maximum Gasteiger partial charge on any atom is 0.105 e. The van der Waals surface area contributed by atoms with Crippen molar-refractivity contribution < 1.29 is 0 Å². The molecule has 0 radical (unpaired) electrons. The second-order valence-corrected chi connectivity index (χ2v) is 6.05. The quantitative estimate of drug-likeness (QED) is 0.739. The van der Waals surface area contributed by atoms with Gasteiger partial charge in [0.05, 0.1) is 6.07 Å². The van der Waals surface area contributed by atoms with E-state index in [2.05, 4.69) is 44.1 Å². The first-order valence-electron chi connectivity index (χ1n) is 6.77. The molecule has 1 rings (SSSR count). The molecule has 0 bridgehead atoms. The minimum Gasteiger partial charge on any atom is -0.303 e. The molecule has 2 atom stereocenters. The van der Waals surface area contributed by atoms with E-state index in [-0.39, 0.29) is 0 Å². The fourth-order valence-corrected chi connectivity index (χ4v) is 2.34. The Morgan fingerprint density at radius 3 is 2.41 bits per heavy atom. The minimum absolute atomic E-state index is 0.353. The summed E-state index contributed by atoms with van der Waals surface area (Å²) in [6.45, 7) is 9.47. The highest BCUT2D eigenvalue weighted by Crippen LogP contribution is 2.34. The van der Waals surface area contributed by atoms with Gasteiger partial charge >= 0.3 is 0 Å². The molecule has 1 aliphatic rings. The van der Waals surface area contributed by atoms with Crippen LogP contribution in [0.5, 0.6) is 0 Å². The molecule has 98 valence electrons. The van der Waals surface area contributed by atoms with Gasteiger partial charge in [0.15, 0.2) is 0 Å². The number of hydrogen-bond donors (Lipinski definition) is 1. The van der Waals surface area contributed by atoms with Gasteiger partial charge in [-0.1, -0.05) is 0 Å². The van der Waals surface area contributed by atoms with Crippen molar-refractivity contribution in [1.29, 1.82) is 5.26 Å². The van der Waals surface area contributed by atoms with Crippen LogP contribution in [0.15, 0.2) is 0 Å². The van der Waals surface area contributed by atoms with E-state index in [4.69, 9.17) is 0 Å².